The summed E-state index contributed by atoms with van der Waals surface area (Å²) in [5.41, 5.74) is 2.07. The van der Waals surface area contributed by atoms with E-state index in [1.54, 1.807) is 6.92 Å². The summed E-state index contributed by atoms with van der Waals surface area (Å²) in [5.74, 6) is 0. The number of thioether (sulfide) groups is 1. The number of rotatable bonds is 2. The second kappa shape index (κ2) is 4.99. The molecular formula is C12H11NO2S. The summed E-state index contributed by atoms with van der Waals surface area (Å²) in [4.78, 5) is 15.1. The highest BCUT2D eigenvalue weighted by Gasteiger charge is 2.19. The van der Waals surface area contributed by atoms with Crippen molar-refractivity contribution in [1.29, 1.82) is 0 Å². The SMILES string of the molecule is CCOC(=O)/N=C1/SC=C1c1ccccc1. The van der Waals surface area contributed by atoms with Gasteiger partial charge in [-0.2, -0.15) is 4.99 Å². The number of hydrogen-bond acceptors (Lipinski definition) is 3. The van der Waals surface area contributed by atoms with E-state index in [1.807, 2.05) is 35.7 Å². The van der Waals surface area contributed by atoms with Crippen LogP contribution in [0, 0.1) is 0 Å². The molecule has 0 unspecified atom stereocenters. The molecule has 0 aromatic heterocycles. The molecule has 0 saturated heterocycles. The molecule has 4 heteroatoms. The molecule has 0 aliphatic carbocycles. The molecule has 1 aliphatic heterocycles. The Hall–Kier alpha value is -1.55. The van der Waals surface area contributed by atoms with E-state index in [4.69, 9.17) is 4.74 Å². The second-order valence-corrected chi connectivity index (χ2v) is 3.99. The molecule has 0 N–H and O–H groups in total. The standard InChI is InChI=1S/C12H11NO2S/c1-2-15-12(14)13-11-10(8-16-11)9-6-4-3-5-7-9/h3-8H,2H2,1H3/b13-11+. The van der Waals surface area contributed by atoms with Crippen molar-refractivity contribution in [2.24, 2.45) is 4.99 Å². The largest absolute Gasteiger partial charge is 0.448 e. The number of ether oxygens (including phenoxy) is 1. The smallest absolute Gasteiger partial charge is 0.434 e. The topological polar surface area (TPSA) is 38.7 Å². The van der Waals surface area contributed by atoms with Gasteiger partial charge in [-0.25, -0.2) is 4.79 Å². The molecule has 3 nitrogen and oxygen atoms in total. The van der Waals surface area contributed by atoms with E-state index in [-0.39, 0.29) is 0 Å². The highest BCUT2D eigenvalue weighted by Crippen LogP contribution is 2.34. The zero-order chi connectivity index (χ0) is 11.4. The Balaban J connectivity index is 2.13. The average Bonchev–Trinajstić information content (AvgIpc) is 2.26. The van der Waals surface area contributed by atoms with E-state index in [2.05, 4.69) is 4.99 Å². The lowest BCUT2D eigenvalue weighted by Crippen LogP contribution is -2.08. The van der Waals surface area contributed by atoms with Crippen LogP contribution in [0.3, 0.4) is 0 Å². The van der Waals surface area contributed by atoms with Crippen LogP contribution in [-0.4, -0.2) is 17.7 Å². The van der Waals surface area contributed by atoms with Crippen LogP contribution in [0.25, 0.3) is 5.57 Å². The van der Waals surface area contributed by atoms with Crippen molar-refractivity contribution < 1.29 is 9.53 Å². The van der Waals surface area contributed by atoms with Gasteiger partial charge in [0.05, 0.1) is 6.61 Å². The summed E-state index contributed by atoms with van der Waals surface area (Å²) in [5, 5.41) is 2.71. The summed E-state index contributed by atoms with van der Waals surface area (Å²) in [6.07, 6.45) is -0.522. The van der Waals surface area contributed by atoms with Gasteiger partial charge in [0.25, 0.3) is 0 Å². The van der Waals surface area contributed by atoms with Gasteiger partial charge in [-0.3, -0.25) is 0 Å². The molecule has 0 fully saturated rings. The molecule has 1 aromatic rings. The zero-order valence-corrected chi connectivity index (χ0v) is 9.66. The lowest BCUT2D eigenvalue weighted by Gasteiger charge is -2.16. The molecule has 0 spiro atoms. The Kier molecular flexibility index (Phi) is 3.41. The van der Waals surface area contributed by atoms with E-state index in [9.17, 15) is 4.79 Å². The number of benzene rings is 1. The van der Waals surface area contributed by atoms with E-state index in [1.165, 1.54) is 11.8 Å². The van der Waals surface area contributed by atoms with Crippen LogP contribution >= 0.6 is 11.8 Å². The van der Waals surface area contributed by atoms with Gasteiger partial charge in [0.15, 0.2) is 0 Å². The molecule has 2 rings (SSSR count). The number of hydrogen-bond donors (Lipinski definition) is 0. The Morgan fingerprint density at radius 2 is 2.12 bits per heavy atom. The minimum absolute atomic E-state index is 0.352. The highest BCUT2D eigenvalue weighted by molar-refractivity contribution is 8.20. The first-order valence-electron chi connectivity index (χ1n) is 4.99. The van der Waals surface area contributed by atoms with E-state index >= 15 is 0 Å². The quantitative estimate of drug-likeness (QED) is 0.786. The number of aliphatic imine (C=N–C) groups is 1. The Bertz CT molecular complexity index is 451. The number of nitrogens with zero attached hydrogens (tertiary/aromatic N) is 1. The molecule has 0 atom stereocenters. The average molecular weight is 233 g/mol. The van der Waals surface area contributed by atoms with Gasteiger partial charge >= 0.3 is 6.09 Å². The van der Waals surface area contributed by atoms with Gasteiger partial charge in [0, 0.05) is 5.57 Å². The van der Waals surface area contributed by atoms with E-state index in [0.29, 0.717) is 6.61 Å². The Labute approximate surface area is 98.2 Å². The zero-order valence-electron chi connectivity index (χ0n) is 8.84. The summed E-state index contributed by atoms with van der Waals surface area (Å²) in [6.45, 7) is 2.12. The van der Waals surface area contributed by atoms with Crippen LogP contribution in [-0.2, 0) is 4.74 Å². The third kappa shape index (κ3) is 2.33. The van der Waals surface area contributed by atoms with Crippen LogP contribution in [0.1, 0.15) is 12.5 Å². The number of carbonyl (C=O) groups excluding carboxylic acids is 1. The van der Waals surface area contributed by atoms with Gasteiger partial charge in [-0.15, -0.1) is 0 Å². The number of amides is 1. The molecular weight excluding hydrogens is 222 g/mol. The maximum atomic E-state index is 11.2. The summed E-state index contributed by atoms with van der Waals surface area (Å²) in [6, 6.07) is 9.86. The van der Waals surface area contributed by atoms with E-state index in [0.717, 1.165) is 16.2 Å². The van der Waals surface area contributed by atoms with Gasteiger partial charge in [-0.05, 0) is 17.9 Å². The molecule has 1 heterocycles. The summed E-state index contributed by atoms with van der Waals surface area (Å²) < 4.78 is 4.77. The van der Waals surface area contributed by atoms with Crippen molar-refractivity contribution in [2.75, 3.05) is 6.61 Å². The highest BCUT2D eigenvalue weighted by atomic mass is 32.2. The maximum absolute atomic E-state index is 11.2. The second-order valence-electron chi connectivity index (χ2n) is 3.13. The van der Waals surface area contributed by atoms with Crippen LogP contribution < -0.4 is 0 Å². The van der Waals surface area contributed by atoms with Gasteiger partial charge in [-0.1, -0.05) is 42.1 Å². The number of carbonyl (C=O) groups is 1. The van der Waals surface area contributed by atoms with Gasteiger partial charge in [0.2, 0.25) is 0 Å². The molecule has 0 radical (unpaired) electrons. The Morgan fingerprint density at radius 1 is 1.38 bits per heavy atom. The normalized spacial score (nSPS) is 16.6. The minimum Gasteiger partial charge on any atom is -0.448 e. The van der Waals surface area contributed by atoms with Crippen molar-refractivity contribution in [3.63, 3.8) is 0 Å². The fourth-order valence-corrected chi connectivity index (χ4v) is 2.03. The lowest BCUT2D eigenvalue weighted by molar-refractivity contribution is 0.163. The van der Waals surface area contributed by atoms with Crippen molar-refractivity contribution >= 4 is 28.5 Å². The van der Waals surface area contributed by atoms with Crippen LogP contribution in [0.2, 0.25) is 0 Å². The first-order chi connectivity index (χ1) is 7.81. The third-order valence-electron chi connectivity index (χ3n) is 2.06. The van der Waals surface area contributed by atoms with Crippen LogP contribution in [0.15, 0.2) is 40.7 Å². The fourth-order valence-electron chi connectivity index (χ4n) is 1.31. The Morgan fingerprint density at radius 3 is 2.69 bits per heavy atom. The van der Waals surface area contributed by atoms with Crippen molar-refractivity contribution in [3.05, 3.63) is 41.3 Å². The molecule has 16 heavy (non-hydrogen) atoms. The van der Waals surface area contributed by atoms with Gasteiger partial charge in [0.1, 0.15) is 5.04 Å². The van der Waals surface area contributed by atoms with E-state index < -0.39 is 6.09 Å². The first-order valence-corrected chi connectivity index (χ1v) is 5.87. The van der Waals surface area contributed by atoms with Gasteiger partial charge < -0.3 is 4.74 Å². The molecule has 1 amide bonds. The predicted molar refractivity (Wildman–Crippen MR) is 66.5 cm³/mol. The summed E-state index contributed by atoms with van der Waals surface area (Å²) in [7, 11) is 0. The molecule has 0 saturated carbocycles. The maximum Gasteiger partial charge on any atom is 0.434 e. The first kappa shape index (κ1) is 11.0. The fraction of sp³-hybridized carbons (Fsp3) is 0.167. The summed E-state index contributed by atoms with van der Waals surface area (Å²) >= 11 is 1.45. The molecule has 1 aromatic carbocycles. The lowest BCUT2D eigenvalue weighted by atomic mass is 10.1. The molecule has 82 valence electrons. The van der Waals surface area contributed by atoms with Crippen LogP contribution in [0.4, 0.5) is 4.79 Å². The molecule has 0 bridgehead atoms. The van der Waals surface area contributed by atoms with Crippen molar-refractivity contribution in [2.45, 2.75) is 6.92 Å². The predicted octanol–water partition coefficient (Wildman–Crippen LogP) is 3.33. The van der Waals surface area contributed by atoms with Crippen molar-refractivity contribution in [3.8, 4) is 0 Å². The monoisotopic (exact) mass is 233 g/mol. The molecule has 1 aliphatic rings. The van der Waals surface area contributed by atoms with Crippen molar-refractivity contribution in [1.82, 2.24) is 0 Å². The minimum atomic E-state index is -0.522. The van der Waals surface area contributed by atoms with Crippen LogP contribution in [0.5, 0.6) is 0 Å². The third-order valence-corrected chi connectivity index (χ3v) is 2.95.